The number of hydrogen-bond donors (Lipinski definition) is 1. The lowest BCUT2D eigenvalue weighted by atomic mass is 10.2. The summed E-state index contributed by atoms with van der Waals surface area (Å²) in [6.45, 7) is 3.48. The SMILES string of the molecule is CCOCCOc1ccccc1C(=O)Nc1cccc(OC2CCCC2)c1. The third-order valence-electron chi connectivity index (χ3n) is 4.52. The summed E-state index contributed by atoms with van der Waals surface area (Å²) in [5.41, 5.74) is 1.20. The Balaban J connectivity index is 1.63. The van der Waals surface area contributed by atoms with Gasteiger partial charge < -0.3 is 19.5 Å². The van der Waals surface area contributed by atoms with Gasteiger partial charge >= 0.3 is 0 Å². The van der Waals surface area contributed by atoms with Crippen molar-refractivity contribution in [3.05, 3.63) is 54.1 Å². The van der Waals surface area contributed by atoms with Crippen molar-refractivity contribution >= 4 is 11.6 Å². The lowest BCUT2D eigenvalue weighted by Crippen LogP contribution is -2.15. The normalized spacial score (nSPS) is 14.1. The second-order valence-electron chi connectivity index (χ2n) is 6.55. The zero-order chi connectivity index (χ0) is 18.9. The fourth-order valence-corrected chi connectivity index (χ4v) is 3.18. The number of nitrogens with one attached hydrogen (secondary N) is 1. The number of carbonyl (C=O) groups excluding carboxylic acids is 1. The molecule has 0 saturated heterocycles. The van der Waals surface area contributed by atoms with Gasteiger partial charge in [-0.2, -0.15) is 0 Å². The Bertz CT molecular complexity index is 741. The molecule has 3 rings (SSSR count). The lowest BCUT2D eigenvalue weighted by Gasteiger charge is -2.15. The van der Waals surface area contributed by atoms with Crippen LogP contribution in [0.15, 0.2) is 48.5 Å². The van der Waals surface area contributed by atoms with Crippen LogP contribution in [0.25, 0.3) is 0 Å². The first-order valence-electron chi connectivity index (χ1n) is 9.64. The minimum absolute atomic E-state index is 0.208. The van der Waals surface area contributed by atoms with Gasteiger partial charge in [-0.25, -0.2) is 0 Å². The fraction of sp³-hybridized carbons (Fsp3) is 0.409. The van der Waals surface area contributed by atoms with Crippen molar-refractivity contribution in [2.24, 2.45) is 0 Å². The monoisotopic (exact) mass is 369 g/mol. The largest absolute Gasteiger partial charge is 0.490 e. The highest BCUT2D eigenvalue weighted by Crippen LogP contribution is 2.26. The summed E-state index contributed by atoms with van der Waals surface area (Å²) in [6, 6.07) is 14.8. The predicted molar refractivity (Wildman–Crippen MR) is 106 cm³/mol. The molecule has 1 N–H and O–H groups in total. The molecule has 0 spiro atoms. The molecule has 0 aromatic heterocycles. The smallest absolute Gasteiger partial charge is 0.259 e. The standard InChI is InChI=1S/C22H27NO4/c1-2-25-14-15-26-21-13-6-5-12-20(21)22(24)23-17-8-7-11-19(16-17)27-18-9-3-4-10-18/h5-8,11-13,16,18H,2-4,9-10,14-15H2,1H3,(H,23,24). The van der Waals surface area contributed by atoms with Gasteiger partial charge in [-0.1, -0.05) is 18.2 Å². The van der Waals surface area contributed by atoms with Gasteiger partial charge in [0.05, 0.1) is 18.3 Å². The average Bonchev–Trinajstić information content (AvgIpc) is 3.19. The number of hydrogen-bond acceptors (Lipinski definition) is 4. The van der Waals surface area contributed by atoms with Gasteiger partial charge in [-0.15, -0.1) is 0 Å². The first-order chi connectivity index (χ1) is 13.3. The molecule has 0 unspecified atom stereocenters. The summed E-state index contributed by atoms with van der Waals surface area (Å²) in [4.78, 5) is 12.7. The number of rotatable bonds is 9. The van der Waals surface area contributed by atoms with Gasteiger partial charge in [0, 0.05) is 18.4 Å². The number of ether oxygens (including phenoxy) is 3. The third-order valence-corrected chi connectivity index (χ3v) is 4.52. The maximum absolute atomic E-state index is 12.7. The molecule has 1 fully saturated rings. The van der Waals surface area contributed by atoms with E-state index in [2.05, 4.69) is 5.32 Å². The van der Waals surface area contributed by atoms with Crippen LogP contribution in [-0.2, 0) is 4.74 Å². The third kappa shape index (κ3) is 5.73. The number of carbonyl (C=O) groups is 1. The molecule has 0 heterocycles. The van der Waals surface area contributed by atoms with Gasteiger partial charge in [0.2, 0.25) is 0 Å². The molecule has 1 amide bonds. The Hall–Kier alpha value is -2.53. The summed E-state index contributed by atoms with van der Waals surface area (Å²) in [6.07, 6.45) is 4.93. The van der Waals surface area contributed by atoms with Crippen molar-refractivity contribution in [1.82, 2.24) is 0 Å². The number of benzene rings is 2. The Kier molecular flexibility index (Phi) is 7.11. The van der Waals surface area contributed by atoms with Gasteiger partial charge in [0.25, 0.3) is 5.91 Å². The Morgan fingerprint density at radius 3 is 2.70 bits per heavy atom. The predicted octanol–water partition coefficient (Wildman–Crippen LogP) is 4.68. The molecule has 1 aliphatic carbocycles. The van der Waals surface area contributed by atoms with E-state index in [9.17, 15) is 4.79 Å². The lowest BCUT2D eigenvalue weighted by molar-refractivity contribution is 0.0998. The average molecular weight is 369 g/mol. The van der Waals surface area contributed by atoms with Crippen LogP contribution < -0.4 is 14.8 Å². The highest BCUT2D eigenvalue weighted by atomic mass is 16.5. The molecule has 5 nitrogen and oxygen atoms in total. The van der Waals surface area contributed by atoms with Crippen LogP contribution in [0.3, 0.4) is 0 Å². The molecule has 0 atom stereocenters. The van der Waals surface area contributed by atoms with Gasteiger partial charge in [0.1, 0.15) is 18.1 Å². The second kappa shape index (κ2) is 9.97. The van der Waals surface area contributed by atoms with E-state index >= 15 is 0 Å². The minimum atomic E-state index is -0.208. The molecular weight excluding hydrogens is 342 g/mol. The maximum atomic E-state index is 12.7. The molecule has 27 heavy (non-hydrogen) atoms. The fourth-order valence-electron chi connectivity index (χ4n) is 3.18. The molecule has 2 aromatic carbocycles. The molecule has 1 aliphatic rings. The highest BCUT2D eigenvalue weighted by molar-refractivity contribution is 6.06. The van der Waals surface area contributed by atoms with Crippen LogP contribution in [0.2, 0.25) is 0 Å². The maximum Gasteiger partial charge on any atom is 0.259 e. The van der Waals surface area contributed by atoms with Crippen LogP contribution >= 0.6 is 0 Å². The number of para-hydroxylation sites is 1. The second-order valence-corrected chi connectivity index (χ2v) is 6.55. The number of anilines is 1. The zero-order valence-corrected chi connectivity index (χ0v) is 15.8. The highest BCUT2D eigenvalue weighted by Gasteiger charge is 2.17. The van der Waals surface area contributed by atoms with Crippen LogP contribution in [0.5, 0.6) is 11.5 Å². The first kappa shape index (κ1) is 19.2. The van der Waals surface area contributed by atoms with E-state index in [-0.39, 0.29) is 12.0 Å². The van der Waals surface area contributed by atoms with Crippen molar-refractivity contribution < 1.29 is 19.0 Å². The van der Waals surface area contributed by atoms with Gasteiger partial charge in [-0.05, 0) is 56.9 Å². The summed E-state index contributed by atoms with van der Waals surface area (Å²) in [5, 5.41) is 2.94. The summed E-state index contributed by atoms with van der Waals surface area (Å²) >= 11 is 0. The molecule has 1 saturated carbocycles. The van der Waals surface area contributed by atoms with E-state index in [0.29, 0.717) is 36.8 Å². The molecule has 0 radical (unpaired) electrons. The Labute approximate surface area is 160 Å². The summed E-state index contributed by atoms with van der Waals surface area (Å²) in [5.74, 6) is 1.13. The topological polar surface area (TPSA) is 56.8 Å². The van der Waals surface area contributed by atoms with Crippen molar-refractivity contribution in [1.29, 1.82) is 0 Å². The van der Waals surface area contributed by atoms with Crippen LogP contribution in [0.1, 0.15) is 43.0 Å². The van der Waals surface area contributed by atoms with E-state index in [1.54, 1.807) is 12.1 Å². The van der Waals surface area contributed by atoms with E-state index in [0.717, 1.165) is 18.6 Å². The Morgan fingerprint density at radius 1 is 1.07 bits per heavy atom. The first-order valence-corrected chi connectivity index (χ1v) is 9.64. The van der Waals surface area contributed by atoms with E-state index in [4.69, 9.17) is 14.2 Å². The molecule has 144 valence electrons. The van der Waals surface area contributed by atoms with E-state index < -0.39 is 0 Å². The molecule has 5 heteroatoms. The van der Waals surface area contributed by atoms with E-state index in [1.165, 1.54) is 12.8 Å². The van der Waals surface area contributed by atoms with Crippen LogP contribution in [0.4, 0.5) is 5.69 Å². The molecule has 0 aliphatic heterocycles. The summed E-state index contributed by atoms with van der Waals surface area (Å²) < 4.78 is 17.0. The molecular formula is C22H27NO4. The van der Waals surface area contributed by atoms with Crippen molar-refractivity contribution in [3.63, 3.8) is 0 Å². The zero-order valence-electron chi connectivity index (χ0n) is 15.8. The molecule has 2 aromatic rings. The number of amides is 1. The van der Waals surface area contributed by atoms with Crippen LogP contribution in [0, 0.1) is 0 Å². The Morgan fingerprint density at radius 2 is 1.89 bits per heavy atom. The quantitative estimate of drug-likeness (QED) is 0.652. The van der Waals surface area contributed by atoms with Crippen LogP contribution in [-0.4, -0.2) is 31.8 Å². The van der Waals surface area contributed by atoms with Crippen molar-refractivity contribution in [2.75, 3.05) is 25.1 Å². The van der Waals surface area contributed by atoms with Crippen molar-refractivity contribution in [2.45, 2.75) is 38.7 Å². The van der Waals surface area contributed by atoms with Crippen molar-refractivity contribution in [3.8, 4) is 11.5 Å². The minimum Gasteiger partial charge on any atom is -0.490 e. The van der Waals surface area contributed by atoms with E-state index in [1.807, 2.05) is 43.3 Å². The molecule has 0 bridgehead atoms. The summed E-state index contributed by atoms with van der Waals surface area (Å²) in [7, 11) is 0. The van der Waals surface area contributed by atoms with Gasteiger partial charge in [0.15, 0.2) is 0 Å². The van der Waals surface area contributed by atoms with Gasteiger partial charge in [-0.3, -0.25) is 4.79 Å².